The van der Waals surface area contributed by atoms with Gasteiger partial charge in [0.15, 0.2) is 0 Å². The van der Waals surface area contributed by atoms with E-state index in [4.69, 9.17) is 4.74 Å². The SMILES string of the molecule is CC(O)c1c(F)cncc1C1=CCC2C(=O)OCC2C1. The van der Waals surface area contributed by atoms with Gasteiger partial charge < -0.3 is 9.84 Å². The number of nitrogens with zero attached hydrogens (tertiary/aromatic N) is 1. The van der Waals surface area contributed by atoms with Crippen LogP contribution in [0.5, 0.6) is 0 Å². The maximum Gasteiger partial charge on any atom is 0.309 e. The van der Waals surface area contributed by atoms with E-state index in [0.29, 0.717) is 25.0 Å². The predicted molar refractivity (Wildman–Crippen MR) is 70.0 cm³/mol. The highest BCUT2D eigenvalue weighted by Crippen LogP contribution is 2.40. The molecule has 1 N–H and O–H groups in total. The Morgan fingerprint density at radius 3 is 3.05 bits per heavy atom. The summed E-state index contributed by atoms with van der Waals surface area (Å²) >= 11 is 0. The zero-order valence-electron chi connectivity index (χ0n) is 11.2. The minimum absolute atomic E-state index is 0.0738. The number of fused-ring (bicyclic) bond motifs is 1. The Bertz CT molecular complexity index is 582. The molecule has 2 heterocycles. The molecule has 20 heavy (non-hydrogen) atoms. The van der Waals surface area contributed by atoms with E-state index < -0.39 is 11.9 Å². The van der Waals surface area contributed by atoms with Crippen LogP contribution in [0.3, 0.4) is 0 Å². The molecule has 1 aliphatic carbocycles. The van der Waals surface area contributed by atoms with Crippen molar-refractivity contribution in [3.63, 3.8) is 0 Å². The molecular formula is C15H16FNO3. The second kappa shape index (κ2) is 4.98. The van der Waals surface area contributed by atoms with Gasteiger partial charge in [-0.25, -0.2) is 4.39 Å². The van der Waals surface area contributed by atoms with Crippen LogP contribution in [0.4, 0.5) is 4.39 Å². The van der Waals surface area contributed by atoms with Crippen molar-refractivity contribution in [2.75, 3.05) is 6.61 Å². The zero-order chi connectivity index (χ0) is 14.3. The van der Waals surface area contributed by atoms with Gasteiger partial charge >= 0.3 is 5.97 Å². The molecule has 1 aromatic heterocycles. The average molecular weight is 277 g/mol. The summed E-state index contributed by atoms with van der Waals surface area (Å²) in [6.07, 6.45) is 4.99. The fourth-order valence-electron chi connectivity index (χ4n) is 3.08. The molecule has 3 atom stereocenters. The molecule has 3 unspecified atom stereocenters. The summed E-state index contributed by atoms with van der Waals surface area (Å²) in [7, 11) is 0. The summed E-state index contributed by atoms with van der Waals surface area (Å²) in [5.41, 5.74) is 1.85. The van der Waals surface area contributed by atoms with Crippen molar-refractivity contribution in [2.24, 2.45) is 11.8 Å². The topological polar surface area (TPSA) is 59.4 Å². The van der Waals surface area contributed by atoms with E-state index in [1.54, 1.807) is 6.20 Å². The first-order valence-electron chi connectivity index (χ1n) is 6.75. The van der Waals surface area contributed by atoms with Gasteiger partial charge in [0.2, 0.25) is 0 Å². The van der Waals surface area contributed by atoms with Crippen LogP contribution in [0.1, 0.15) is 37.0 Å². The predicted octanol–water partition coefficient (Wildman–Crippen LogP) is 2.24. The Morgan fingerprint density at radius 1 is 1.50 bits per heavy atom. The normalized spacial score (nSPS) is 26.8. The third kappa shape index (κ3) is 2.12. The molecule has 5 heteroatoms. The minimum atomic E-state index is -0.895. The van der Waals surface area contributed by atoms with Crippen LogP contribution in [-0.4, -0.2) is 22.7 Å². The molecule has 3 rings (SSSR count). The zero-order valence-corrected chi connectivity index (χ0v) is 11.2. The fraction of sp³-hybridized carbons (Fsp3) is 0.467. The number of aliphatic hydroxyl groups is 1. The number of hydrogen-bond donors (Lipinski definition) is 1. The number of ether oxygens (including phenoxy) is 1. The highest BCUT2D eigenvalue weighted by atomic mass is 19.1. The van der Waals surface area contributed by atoms with E-state index in [1.807, 2.05) is 6.08 Å². The van der Waals surface area contributed by atoms with Crippen LogP contribution >= 0.6 is 0 Å². The lowest BCUT2D eigenvalue weighted by molar-refractivity contribution is -0.141. The van der Waals surface area contributed by atoms with Crippen molar-refractivity contribution >= 4 is 11.5 Å². The molecule has 0 spiro atoms. The van der Waals surface area contributed by atoms with E-state index >= 15 is 0 Å². The molecule has 0 radical (unpaired) electrons. The van der Waals surface area contributed by atoms with Gasteiger partial charge in [0.25, 0.3) is 0 Å². The Kier molecular flexibility index (Phi) is 3.30. The maximum atomic E-state index is 13.9. The van der Waals surface area contributed by atoms with Gasteiger partial charge in [-0.2, -0.15) is 0 Å². The molecule has 1 saturated heterocycles. The molecule has 106 valence electrons. The third-order valence-electron chi connectivity index (χ3n) is 4.11. The number of rotatable bonds is 2. The number of carbonyl (C=O) groups is 1. The highest BCUT2D eigenvalue weighted by Gasteiger charge is 2.39. The van der Waals surface area contributed by atoms with E-state index in [1.165, 1.54) is 6.92 Å². The first-order chi connectivity index (χ1) is 9.58. The van der Waals surface area contributed by atoms with Crippen molar-refractivity contribution in [1.82, 2.24) is 4.98 Å². The van der Waals surface area contributed by atoms with Crippen molar-refractivity contribution < 1.29 is 19.0 Å². The molecule has 1 fully saturated rings. The minimum Gasteiger partial charge on any atom is -0.465 e. The van der Waals surface area contributed by atoms with Gasteiger partial charge in [-0.3, -0.25) is 9.78 Å². The van der Waals surface area contributed by atoms with Crippen LogP contribution in [0.15, 0.2) is 18.5 Å². The monoisotopic (exact) mass is 277 g/mol. The number of allylic oxidation sites excluding steroid dienone is 2. The number of aromatic nitrogens is 1. The summed E-state index contributed by atoms with van der Waals surface area (Å²) in [4.78, 5) is 15.4. The Balaban J connectivity index is 1.97. The van der Waals surface area contributed by atoms with E-state index in [2.05, 4.69) is 4.98 Å². The summed E-state index contributed by atoms with van der Waals surface area (Å²) in [6, 6.07) is 0. The van der Waals surface area contributed by atoms with Gasteiger partial charge in [0.1, 0.15) is 5.82 Å². The molecule has 2 aliphatic rings. The summed E-state index contributed by atoms with van der Waals surface area (Å²) in [6.45, 7) is 1.96. The van der Waals surface area contributed by atoms with E-state index in [-0.39, 0.29) is 23.4 Å². The number of pyridine rings is 1. The number of halogens is 1. The maximum absolute atomic E-state index is 13.9. The molecule has 1 aliphatic heterocycles. The molecule has 0 saturated carbocycles. The van der Waals surface area contributed by atoms with Crippen LogP contribution in [0.2, 0.25) is 0 Å². The van der Waals surface area contributed by atoms with Gasteiger partial charge in [-0.1, -0.05) is 6.08 Å². The van der Waals surface area contributed by atoms with Gasteiger partial charge in [-0.05, 0) is 25.3 Å². The summed E-state index contributed by atoms with van der Waals surface area (Å²) in [5, 5.41) is 9.77. The van der Waals surface area contributed by atoms with Crippen molar-refractivity contribution in [2.45, 2.75) is 25.9 Å². The lowest BCUT2D eigenvalue weighted by Crippen LogP contribution is -2.20. The largest absolute Gasteiger partial charge is 0.465 e. The van der Waals surface area contributed by atoms with E-state index in [9.17, 15) is 14.3 Å². The quantitative estimate of drug-likeness (QED) is 0.842. The molecular weight excluding hydrogens is 261 g/mol. The molecule has 0 aromatic carbocycles. The first kappa shape index (κ1) is 13.2. The van der Waals surface area contributed by atoms with Gasteiger partial charge in [0, 0.05) is 23.2 Å². The van der Waals surface area contributed by atoms with Crippen molar-refractivity contribution in [3.8, 4) is 0 Å². The Labute approximate surface area is 116 Å². The first-order valence-corrected chi connectivity index (χ1v) is 6.75. The number of esters is 1. The van der Waals surface area contributed by atoms with Crippen LogP contribution < -0.4 is 0 Å². The summed E-state index contributed by atoms with van der Waals surface area (Å²) in [5.74, 6) is -0.569. The van der Waals surface area contributed by atoms with Crippen LogP contribution in [0.25, 0.3) is 5.57 Å². The second-order valence-corrected chi connectivity index (χ2v) is 5.42. The second-order valence-electron chi connectivity index (χ2n) is 5.42. The number of carbonyl (C=O) groups excluding carboxylic acids is 1. The Hall–Kier alpha value is -1.75. The van der Waals surface area contributed by atoms with E-state index in [0.717, 1.165) is 11.8 Å². The average Bonchev–Trinajstić information content (AvgIpc) is 2.79. The van der Waals surface area contributed by atoms with Crippen LogP contribution in [0, 0.1) is 17.7 Å². The van der Waals surface area contributed by atoms with Gasteiger partial charge in [-0.15, -0.1) is 0 Å². The molecule has 4 nitrogen and oxygen atoms in total. The lowest BCUT2D eigenvalue weighted by atomic mass is 9.79. The van der Waals surface area contributed by atoms with Crippen molar-refractivity contribution in [3.05, 3.63) is 35.4 Å². The highest BCUT2D eigenvalue weighted by molar-refractivity contribution is 5.78. The smallest absolute Gasteiger partial charge is 0.309 e. The molecule has 1 aromatic rings. The Morgan fingerprint density at radius 2 is 2.30 bits per heavy atom. The third-order valence-corrected chi connectivity index (χ3v) is 4.11. The number of hydrogen-bond acceptors (Lipinski definition) is 4. The fourth-order valence-corrected chi connectivity index (χ4v) is 3.08. The summed E-state index contributed by atoms with van der Waals surface area (Å²) < 4.78 is 18.9. The lowest BCUT2D eigenvalue weighted by Gasteiger charge is -2.23. The number of aliphatic hydroxyl groups excluding tert-OH is 1. The van der Waals surface area contributed by atoms with Gasteiger partial charge in [0.05, 0.1) is 24.8 Å². The molecule has 0 bridgehead atoms. The molecule has 0 amide bonds. The standard InChI is InChI=1S/C15H16FNO3/c1-8(18)14-12(5-17-6-13(14)16)9-2-3-11-10(4-9)7-20-15(11)19/h2,5-6,8,10-11,18H,3-4,7H2,1H3. The van der Waals surface area contributed by atoms with Crippen LogP contribution in [-0.2, 0) is 9.53 Å². The van der Waals surface area contributed by atoms with Crippen molar-refractivity contribution in [1.29, 1.82) is 0 Å². The number of cyclic esters (lactones) is 1.